The molecule has 0 aromatic heterocycles. The minimum Gasteiger partial charge on any atom is -0.272 e. The summed E-state index contributed by atoms with van der Waals surface area (Å²) in [5, 5.41) is 1.25. The number of hydrogen-bond donors (Lipinski definition) is 1. The largest absolute Gasteiger partial charge is 0.272 e. The molecule has 3 nitrogen and oxygen atoms in total. The smallest absolute Gasteiger partial charge is 0.268 e. The van der Waals surface area contributed by atoms with E-state index in [4.69, 9.17) is 5.84 Å². The van der Waals surface area contributed by atoms with E-state index in [1.807, 2.05) is 39.0 Å². The summed E-state index contributed by atoms with van der Waals surface area (Å²) in [5.74, 6) is 5.41. The van der Waals surface area contributed by atoms with Crippen LogP contribution >= 0.6 is 0 Å². The number of hydrogen-bond acceptors (Lipinski definition) is 2. The lowest BCUT2D eigenvalue weighted by atomic mass is 10.0. The number of aryl methyl sites for hydroxylation is 1. The topological polar surface area (TPSA) is 46.3 Å². The molecule has 0 unspecified atom stereocenters. The predicted octanol–water partition coefficient (Wildman–Crippen LogP) is 1.85. The Morgan fingerprint density at radius 3 is 2.57 bits per heavy atom. The molecule has 0 radical (unpaired) electrons. The second kappa shape index (κ2) is 4.24. The Morgan fingerprint density at radius 1 is 1.36 bits per heavy atom. The monoisotopic (exact) mass is 192 g/mol. The number of nitrogens with two attached hydrogens (primary N) is 1. The number of carbonyl (C=O) groups is 1. The molecule has 0 saturated carbocycles. The summed E-state index contributed by atoms with van der Waals surface area (Å²) in [6.07, 6.45) is 0. The molecule has 0 bridgehead atoms. The third-order valence-electron chi connectivity index (χ3n) is 2.17. The van der Waals surface area contributed by atoms with Gasteiger partial charge in [-0.3, -0.25) is 9.80 Å². The van der Waals surface area contributed by atoms with Crippen LogP contribution in [0.3, 0.4) is 0 Å². The highest BCUT2D eigenvalue weighted by Crippen LogP contribution is 2.22. The molecule has 1 aromatic rings. The van der Waals surface area contributed by atoms with E-state index in [-0.39, 0.29) is 5.91 Å². The normalized spacial score (nSPS) is 13.4. The Kier molecular flexibility index (Phi) is 3.25. The SMILES string of the molecule is CC.Cc1cccc2c1C(=O)N(N)C2. The molecule has 1 heterocycles. The highest BCUT2D eigenvalue weighted by atomic mass is 16.2. The summed E-state index contributed by atoms with van der Waals surface area (Å²) in [6, 6.07) is 5.81. The van der Waals surface area contributed by atoms with Gasteiger partial charge in [0.05, 0.1) is 6.54 Å². The lowest BCUT2D eigenvalue weighted by Crippen LogP contribution is -2.30. The van der Waals surface area contributed by atoms with Gasteiger partial charge < -0.3 is 0 Å². The quantitative estimate of drug-likeness (QED) is 0.503. The zero-order valence-electron chi connectivity index (χ0n) is 8.87. The molecular formula is C11H16N2O. The predicted molar refractivity (Wildman–Crippen MR) is 56.6 cm³/mol. The van der Waals surface area contributed by atoms with Crippen LogP contribution in [0.25, 0.3) is 0 Å². The zero-order chi connectivity index (χ0) is 10.7. The number of amides is 1. The summed E-state index contributed by atoms with van der Waals surface area (Å²) in [6.45, 7) is 6.46. The molecule has 2 N–H and O–H groups in total. The van der Waals surface area contributed by atoms with Gasteiger partial charge in [-0.25, -0.2) is 5.84 Å². The molecule has 0 spiro atoms. The van der Waals surface area contributed by atoms with Crippen LogP contribution in [0.5, 0.6) is 0 Å². The fourth-order valence-electron chi connectivity index (χ4n) is 1.57. The summed E-state index contributed by atoms with van der Waals surface area (Å²) in [4.78, 5) is 11.4. The molecule has 2 rings (SSSR count). The van der Waals surface area contributed by atoms with E-state index >= 15 is 0 Å². The van der Waals surface area contributed by atoms with Gasteiger partial charge in [-0.15, -0.1) is 0 Å². The van der Waals surface area contributed by atoms with Gasteiger partial charge >= 0.3 is 0 Å². The summed E-state index contributed by atoms with van der Waals surface area (Å²) < 4.78 is 0. The molecule has 1 aromatic carbocycles. The molecule has 3 heteroatoms. The minimum absolute atomic E-state index is 0.0666. The third kappa shape index (κ3) is 1.63. The Labute approximate surface area is 84.5 Å². The van der Waals surface area contributed by atoms with Crippen molar-refractivity contribution in [1.82, 2.24) is 5.01 Å². The maximum atomic E-state index is 11.4. The van der Waals surface area contributed by atoms with Crippen LogP contribution in [0.2, 0.25) is 0 Å². The van der Waals surface area contributed by atoms with Gasteiger partial charge in [-0.1, -0.05) is 32.0 Å². The summed E-state index contributed by atoms with van der Waals surface area (Å²) >= 11 is 0. The molecule has 1 amide bonds. The van der Waals surface area contributed by atoms with Gasteiger partial charge in [0, 0.05) is 5.56 Å². The summed E-state index contributed by atoms with van der Waals surface area (Å²) in [5.41, 5.74) is 2.81. The Balaban J connectivity index is 0.000000461. The maximum Gasteiger partial charge on any atom is 0.268 e. The average Bonchev–Trinajstić information content (AvgIpc) is 2.47. The van der Waals surface area contributed by atoms with Gasteiger partial charge in [0.25, 0.3) is 5.91 Å². The number of carbonyl (C=O) groups excluding carboxylic acids is 1. The van der Waals surface area contributed by atoms with Crippen molar-refractivity contribution in [2.45, 2.75) is 27.3 Å². The van der Waals surface area contributed by atoms with Crippen molar-refractivity contribution in [1.29, 1.82) is 0 Å². The maximum absolute atomic E-state index is 11.4. The molecular weight excluding hydrogens is 176 g/mol. The number of hydrazine groups is 1. The van der Waals surface area contributed by atoms with E-state index in [0.29, 0.717) is 6.54 Å². The van der Waals surface area contributed by atoms with Gasteiger partial charge in [-0.05, 0) is 18.1 Å². The molecule has 1 aliphatic heterocycles. The van der Waals surface area contributed by atoms with E-state index in [1.165, 1.54) is 5.01 Å². The molecule has 0 saturated heterocycles. The van der Waals surface area contributed by atoms with Crippen LogP contribution in [0.4, 0.5) is 0 Å². The van der Waals surface area contributed by atoms with E-state index in [9.17, 15) is 4.79 Å². The first-order valence-electron chi connectivity index (χ1n) is 4.85. The van der Waals surface area contributed by atoms with Crippen molar-refractivity contribution >= 4 is 5.91 Å². The van der Waals surface area contributed by atoms with Crippen LogP contribution in [-0.4, -0.2) is 10.9 Å². The van der Waals surface area contributed by atoms with Crippen molar-refractivity contribution in [2.75, 3.05) is 0 Å². The fourth-order valence-corrected chi connectivity index (χ4v) is 1.57. The number of nitrogens with zero attached hydrogens (tertiary/aromatic N) is 1. The lowest BCUT2D eigenvalue weighted by molar-refractivity contribution is 0.0778. The highest BCUT2D eigenvalue weighted by molar-refractivity contribution is 5.99. The van der Waals surface area contributed by atoms with Crippen molar-refractivity contribution in [3.8, 4) is 0 Å². The Bertz CT molecular complexity index is 347. The van der Waals surface area contributed by atoms with Crippen molar-refractivity contribution in [2.24, 2.45) is 5.84 Å². The molecule has 0 fully saturated rings. The van der Waals surface area contributed by atoms with Crippen molar-refractivity contribution < 1.29 is 4.79 Å². The van der Waals surface area contributed by atoms with Crippen LogP contribution in [0.1, 0.15) is 35.3 Å². The van der Waals surface area contributed by atoms with E-state index in [1.54, 1.807) is 0 Å². The fraction of sp³-hybridized carbons (Fsp3) is 0.364. The number of benzene rings is 1. The minimum atomic E-state index is -0.0666. The molecule has 1 aliphatic rings. The second-order valence-electron chi connectivity index (χ2n) is 3.04. The van der Waals surface area contributed by atoms with Crippen LogP contribution in [0, 0.1) is 6.92 Å². The Morgan fingerprint density at radius 2 is 2.00 bits per heavy atom. The van der Waals surface area contributed by atoms with Crippen LogP contribution in [0.15, 0.2) is 18.2 Å². The lowest BCUT2D eigenvalue weighted by Gasteiger charge is -2.04. The number of fused-ring (bicyclic) bond motifs is 1. The van der Waals surface area contributed by atoms with Crippen LogP contribution in [-0.2, 0) is 6.54 Å². The van der Waals surface area contributed by atoms with Crippen molar-refractivity contribution in [3.05, 3.63) is 34.9 Å². The Hall–Kier alpha value is -1.35. The standard InChI is InChI=1S/C9H10N2O.C2H6/c1-6-3-2-4-7-5-11(10)9(12)8(6)7;1-2/h2-4H,5,10H2,1H3;1-2H3. The molecule has 76 valence electrons. The second-order valence-corrected chi connectivity index (χ2v) is 3.04. The van der Waals surface area contributed by atoms with E-state index in [2.05, 4.69) is 0 Å². The van der Waals surface area contributed by atoms with Crippen molar-refractivity contribution in [3.63, 3.8) is 0 Å². The van der Waals surface area contributed by atoms with Crippen LogP contribution < -0.4 is 5.84 Å². The first-order valence-corrected chi connectivity index (χ1v) is 4.85. The zero-order valence-corrected chi connectivity index (χ0v) is 8.87. The first kappa shape index (κ1) is 10.7. The first-order chi connectivity index (χ1) is 6.70. The highest BCUT2D eigenvalue weighted by Gasteiger charge is 2.25. The molecule has 0 aliphatic carbocycles. The van der Waals surface area contributed by atoms with E-state index in [0.717, 1.165) is 16.7 Å². The summed E-state index contributed by atoms with van der Waals surface area (Å²) in [7, 11) is 0. The van der Waals surface area contributed by atoms with Gasteiger partial charge in [0.1, 0.15) is 0 Å². The van der Waals surface area contributed by atoms with Gasteiger partial charge in [-0.2, -0.15) is 0 Å². The van der Waals surface area contributed by atoms with E-state index < -0.39 is 0 Å². The van der Waals surface area contributed by atoms with Gasteiger partial charge in [0.15, 0.2) is 0 Å². The van der Waals surface area contributed by atoms with Gasteiger partial charge in [0.2, 0.25) is 0 Å². The number of rotatable bonds is 0. The molecule has 14 heavy (non-hydrogen) atoms. The third-order valence-corrected chi connectivity index (χ3v) is 2.17. The molecule has 0 atom stereocenters. The average molecular weight is 192 g/mol.